The van der Waals surface area contributed by atoms with Crippen molar-refractivity contribution in [3.63, 3.8) is 0 Å². The van der Waals surface area contributed by atoms with Crippen LogP contribution in [0.15, 0.2) is 71.6 Å². The van der Waals surface area contributed by atoms with Gasteiger partial charge >= 0.3 is 0 Å². The van der Waals surface area contributed by atoms with Gasteiger partial charge in [0.25, 0.3) is 5.91 Å². The number of aromatic nitrogens is 2. The second-order valence-electron chi connectivity index (χ2n) is 8.02. The number of hydrogen-bond acceptors (Lipinski definition) is 8. The lowest BCUT2D eigenvalue weighted by atomic mass is 10.0. The summed E-state index contributed by atoms with van der Waals surface area (Å²) in [6.45, 7) is 0.172. The normalized spacial score (nSPS) is 12.8. The Morgan fingerprint density at radius 3 is 2.63 bits per heavy atom. The fraction of sp³-hybridized carbons (Fsp3) is 0.0800. The van der Waals surface area contributed by atoms with Crippen LogP contribution < -0.4 is 14.8 Å². The topological polar surface area (TPSA) is 107 Å². The number of para-hydroxylation sites is 1. The van der Waals surface area contributed by atoms with E-state index in [1.165, 1.54) is 17.4 Å². The molecule has 6 rings (SSSR count). The summed E-state index contributed by atoms with van der Waals surface area (Å²) in [7, 11) is -3.34. The lowest BCUT2D eigenvalue weighted by Crippen LogP contribution is -2.13. The van der Waals surface area contributed by atoms with Crippen molar-refractivity contribution in [1.82, 2.24) is 9.97 Å². The monoisotopic (exact) mass is 503 g/mol. The van der Waals surface area contributed by atoms with E-state index in [9.17, 15) is 13.2 Å². The minimum Gasteiger partial charge on any atom is -0.454 e. The van der Waals surface area contributed by atoms with Crippen LogP contribution in [0.25, 0.3) is 32.4 Å². The number of hydrogen-bond donors (Lipinski definition) is 1. The molecule has 0 spiro atoms. The van der Waals surface area contributed by atoms with E-state index in [0.29, 0.717) is 49.0 Å². The van der Waals surface area contributed by atoms with Crippen LogP contribution in [0.2, 0.25) is 0 Å². The van der Waals surface area contributed by atoms with E-state index in [1.807, 2.05) is 42.5 Å². The van der Waals surface area contributed by atoms with Crippen LogP contribution in [-0.2, 0) is 9.84 Å². The third kappa shape index (κ3) is 3.96. The molecule has 35 heavy (non-hydrogen) atoms. The van der Waals surface area contributed by atoms with Crippen molar-refractivity contribution in [2.75, 3.05) is 18.4 Å². The SMILES string of the molecule is CS(=O)(=O)c1ccc2nc(NC(=O)c3cc(-c4ccc5c(c4)OCO5)nc4ccccc34)sc2c1. The highest BCUT2D eigenvalue weighted by Crippen LogP contribution is 2.36. The first-order valence-corrected chi connectivity index (χ1v) is 13.3. The summed E-state index contributed by atoms with van der Waals surface area (Å²) in [6, 6.07) is 19.4. The van der Waals surface area contributed by atoms with Crippen molar-refractivity contribution in [3.05, 3.63) is 72.3 Å². The van der Waals surface area contributed by atoms with Gasteiger partial charge in [0.2, 0.25) is 6.79 Å². The van der Waals surface area contributed by atoms with Gasteiger partial charge < -0.3 is 9.47 Å². The van der Waals surface area contributed by atoms with Crippen molar-refractivity contribution < 1.29 is 22.7 Å². The van der Waals surface area contributed by atoms with E-state index in [2.05, 4.69) is 10.3 Å². The number of amides is 1. The zero-order chi connectivity index (χ0) is 24.2. The van der Waals surface area contributed by atoms with E-state index in [4.69, 9.17) is 14.5 Å². The van der Waals surface area contributed by atoms with E-state index in [-0.39, 0.29) is 17.6 Å². The number of thiazole rings is 1. The summed E-state index contributed by atoms with van der Waals surface area (Å²) in [5.41, 5.74) is 3.14. The van der Waals surface area contributed by atoms with Crippen molar-refractivity contribution in [2.24, 2.45) is 0 Å². The zero-order valence-corrected chi connectivity index (χ0v) is 19.9. The van der Waals surface area contributed by atoms with Crippen LogP contribution in [0.1, 0.15) is 10.4 Å². The molecule has 2 aromatic heterocycles. The number of sulfone groups is 1. The molecule has 5 aromatic rings. The molecule has 174 valence electrons. The number of benzene rings is 3. The van der Waals surface area contributed by atoms with Crippen LogP contribution in [0.4, 0.5) is 5.13 Å². The fourth-order valence-electron chi connectivity index (χ4n) is 3.92. The van der Waals surface area contributed by atoms with Gasteiger partial charge in [0.1, 0.15) is 0 Å². The summed E-state index contributed by atoms with van der Waals surface area (Å²) in [4.78, 5) is 22.8. The number of rotatable bonds is 4. The molecule has 1 N–H and O–H groups in total. The van der Waals surface area contributed by atoms with Gasteiger partial charge in [0, 0.05) is 17.2 Å². The molecule has 0 atom stereocenters. The Morgan fingerprint density at radius 1 is 0.943 bits per heavy atom. The predicted octanol–water partition coefficient (Wildman–Crippen LogP) is 4.90. The molecule has 8 nitrogen and oxygen atoms in total. The second kappa shape index (κ2) is 8.03. The summed E-state index contributed by atoms with van der Waals surface area (Å²) in [5.74, 6) is 0.960. The van der Waals surface area contributed by atoms with Gasteiger partial charge in [-0.3, -0.25) is 10.1 Å². The van der Waals surface area contributed by atoms with Crippen LogP contribution in [-0.4, -0.2) is 37.3 Å². The van der Waals surface area contributed by atoms with Gasteiger partial charge in [-0.15, -0.1) is 0 Å². The van der Waals surface area contributed by atoms with Crippen molar-refractivity contribution in [2.45, 2.75) is 4.90 Å². The molecule has 3 heterocycles. The predicted molar refractivity (Wildman–Crippen MR) is 134 cm³/mol. The van der Waals surface area contributed by atoms with E-state index >= 15 is 0 Å². The highest BCUT2D eigenvalue weighted by Gasteiger charge is 2.19. The lowest BCUT2D eigenvalue weighted by molar-refractivity contribution is 0.102. The molecule has 0 fully saturated rings. The molecule has 10 heteroatoms. The molecule has 0 bridgehead atoms. The Balaban J connectivity index is 1.39. The zero-order valence-electron chi connectivity index (χ0n) is 18.3. The van der Waals surface area contributed by atoms with Crippen molar-refractivity contribution >= 4 is 53.3 Å². The number of pyridine rings is 1. The second-order valence-corrected chi connectivity index (χ2v) is 11.1. The van der Waals surface area contributed by atoms with Gasteiger partial charge in [-0.05, 0) is 48.5 Å². The number of fused-ring (bicyclic) bond motifs is 3. The van der Waals surface area contributed by atoms with Crippen LogP contribution >= 0.6 is 11.3 Å². The number of ether oxygens (including phenoxy) is 2. The molecule has 0 saturated heterocycles. The Bertz CT molecular complexity index is 1760. The summed E-state index contributed by atoms with van der Waals surface area (Å²) >= 11 is 1.22. The maximum absolute atomic E-state index is 13.4. The molecule has 0 aliphatic carbocycles. The highest BCUT2D eigenvalue weighted by molar-refractivity contribution is 7.90. The first-order valence-electron chi connectivity index (χ1n) is 10.6. The third-order valence-corrected chi connectivity index (χ3v) is 7.68. The van der Waals surface area contributed by atoms with Gasteiger partial charge in [-0.2, -0.15) is 0 Å². The van der Waals surface area contributed by atoms with Crippen molar-refractivity contribution in [1.29, 1.82) is 0 Å². The molecule has 0 saturated carbocycles. The molecule has 1 aliphatic rings. The van der Waals surface area contributed by atoms with Crippen LogP contribution in [0.5, 0.6) is 11.5 Å². The summed E-state index contributed by atoms with van der Waals surface area (Å²) in [6.07, 6.45) is 1.16. The van der Waals surface area contributed by atoms with Crippen molar-refractivity contribution in [3.8, 4) is 22.8 Å². The van der Waals surface area contributed by atoms with E-state index < -0.39 is 9.84 Å². The average Bonchev–Trinajstić information content (AvgIpc) is 3.48. The quantitative estimate of drug-likeness (QED) is 0.372. The average molecular weight is 504 g/mol. The fourth-order valence-corrected chi connectivity index (χ4v) is 5.54. The number of anilines is 1. The highest BCUT2D eigenvalue weighted by atomic mass is 32.2. The maximum Gasteiger partial charge on any atom is 0.258 e. The minimum absolute atomic E-state index is 0.172. The van der Waals surface area contributed by atoms with Gasteiger partial charge in [-0.25, -0.2) is 18.4 Å². The maximum atomic E-state index is 13.4. The number of carbonyl (C=O) groups is 1. The van der Waals surface area contributed by atoms with Crippen LogP contribution in [0, 0.1) is 0 Å². The summed E-state index contributed by atoms with van der Waals surface area (Å²) < 4.78 is 35.3. The largest absolute Gasteiger partial charge is 0.454 e. The summed E-state index contributed by atoms with van der Waals surface area (Å²) in [5, 5.41) is 3.94. The van der Waals surface area contributed by atoms with E-state index in [0.717, 1.165) is 11.8 Å². The lowest BCUT2D eigenvalue weighted by Gasteiger charge is -2.10. The molecule has 1 aliphatic heterocycles. The molecule has 1 amide bonds. The first kappa shape index (κ1) is 21.5. The number of nitrogens with one attached hydrogen (secondary N) is 1. The molecule has 0 unspecified atom stereocenters. The first-order chi connectivity index (χ1) is 16.8. The molecule has 0 radical (unpaired) electrons. The number of carbonyl (C=O) groups excluding carboxylic acids is 1. The molecule has 3 aromatic carbocycles. The van der Waals surface area contributed by atoms with Gasteiger partial charge in [0.05, 0.1) is 31.9 Å². The Morgan fingerprint density at radius 2 is 1.77 bits per heavy atom. The van der Waals surface area contributed by atoms with E-state index in [1.54, 1.807) is 18.2 Å². The van der Waals surface area contributed by atoms with Crippen LogP contribution in [0.3, 0.4) is 0 Å². The minimum atomic E-state index is -3.34. The van der Waals surface area contributed by atoms with Gasteiger partial charge in [-0.1, -0.05) is 29.5 Å². The Labute approximate surface area is 204 Å². The molecular weight excluding hydrogens is 486 g/mol. The molecular formula is C25H17N3O5S2. The Hall–Kier alpha value is -4.02. The van der Waals surface area contributed by atoms with Gasteiger partial charge in [0.15, 0.2) is 26.5 Å². The standard InChI is InChI=1S/C25H17N3O5S2/c1-35(30,31)15-7-8-19-23(11-15)34-25(27-19)28-24(29)17-12-20(26-18-5-3-2-4-16(17)18)14-6-9-21-22(10-14)33-13-32-21/h2-12H,13H2,1H3,(H,27,28,29). The Kier molecular flexibility index (Phi) is 4.94. The third-order valence-electron chi connectivity index (χ3n) is 5.64. The number of nitrogens with zero attached hydrogens (tertiary/aromatic N) is 2. The smallest absolute Gasteiger partial charge is 0.258 e.